The lowest BCUT2D eigenvalue weighted by Gasteiger charge is -2.22. The van der Waals surface area contributed by atoms with Gasteiger partial charge in [0.1, 0.15) is 11.6 Å². The summed E-state index contributed by atoms with van der Waals surface area (Å²) >= 11 is 0. The monoisotopic (exact) mass is 306 g/mol. The van der Waals surface area contributed by atoms with Crippen molar-refractivity contribution < 1.29 is 18.0 Å². The summed E-state index contributed by atoms with van der Waals surface area (Å²) in [5.74, 6) is 3.03. The molecule has 7 nitrogen and oxygen atoms in total. The molecule has 0 spiro atoms. The molecule has 0 saturated heterocycles. The first-order valence-corrected chi connectivity index (χ1v) is 6.04. The molecule has 0 radical (unpaired) electrons. The maximum atomic E-state index is 12.7. The van der Waals surface area contributed by atoms with E-state index in [4.69, 9.17) is 5.84 Å². The Labute approximate surface area is 119 Å². The first-order valence-electron chi connectivity index (χ1n) is 6.04. The summed E-state index contributed by atoms with van der Waals surface area (Å²) in [6.07, 6.45) is -4.69. The van der Waals surface area contributed by atoms with E-state index in [1.165, 1.54) is 25.1 Å². The molecule has 0 saturated carbocycles. The third-order valence-corrected chi connectivity index (χ3v) is 2.75. The molecule has 1 aromatic heterocycles. The van der Waals surface area contributed by atoms with Gasteiger partial charge >= 0.3 is 6.18 Å². The van der Waals surface area contributed by atoms with Gasteiger partial charge in [-0.1, -0.05) is 6.92 Å². The molecule has 4 N–H and O–H groups in total. The smallest absolute Gasteiger partial charge is 0.359 e. The highest BCUT2D eigenvalue weighted by Gasteiger charge is 2.35. The largest absolute Gasteiger partial charge is 0.451 e. The van der Waals surface area contributed by atoms with Gasteiger partial charge in [-0.3, -0.25) is 4.79 Å². The van der Waals surface area contributed by atoms with E-state index in [1.807, 2.05) is 0 Å². The number of alkyl halides is 3. The van der Waals surface area contributed by atoms with Crippen LogP contribution in [0.25, 0.3) is 0 Å². The van der Waals surface area contributed by atoms with Crippen molar-refractivity contribution in [2.45, 2.75) is 13.1 Å². The Morgan fingerprint density at radius 3 is 2.57 bits per heavy atom. The van der Waals surface area contributed by atoms with Gasteiger partial charge in [0.15, 0.2) is 0 Å². The Bertz CT molecular complexity index is 507. The van der Waals surface area contributed by atoms with Crippen LogP contribution in [0.2, 0.25) is 0 Å². The predicted octanol–water partition coefficient (Wildman–Crippen LogP) is 0.599. The topological polar surface area (TPSA) is 96.2 Å². The van der Waals surface area contributed by atoms with Gasteiger partial charge in [-0.25, -0.2) is 15.8 Å². The van der Waals surface area contributed by atoms with Crippen LogP contribution < -0.4 is 21.5 Å². The molecule has 0 aliphatic heterocycles. The molecule has 0 aliphatic carbocycles. The van der Waals surface area contributed by atoms with Crippen molar-refractivity contribution in [1.29, 1.82) is 0 Å². The molecule has 1 heterocycles. The van der Waals surface area contributed by atoms with Crippen molar-refractivity contribution in [1.82, 2.24) is 15.3 Å². The number of aromatic nitrogens is 2. The van der Waals surface area contributed by atoms with Crippen molar-refractivity contribution >= 4 is 17.5 Å². The third kappa shape index (κ3) is 4.45. The van der Waals surface area contributed by atoms with E-state index in [9.17, 15) is 18.0 Å². The molecule has 1 rings (SSSR count). The fraction of sp³-hybridized carbons (Fsp3) is 0.545. The summed E-state index contributed by atoms with van der Waals surface area (Å²) in [5.41, 5.74) is 2.06. The number of nitrogen functional groups attached to an aromatic ring is 1. The molecule has 1 aromatic rings. The van der Waals surface area contributed by atoms with E-state index >= 15 is 0 Å². The molecular formula is C11H17F3N6O. The van der Waals surface area contributed by atoms with Gasteiger partial charge in [0.2, 0.25) is 11.7 Å². The Hall–Kier alpha value is -2.10. The number of hydrogen-bond donors (Lipinski definition) is 3. The van der Waals surface area contributed by atoms with Gasteiger partial charge in [-0.05, 0) is 0 Å². The number of carbonyl (C=O) groups excluding carboxylic acids is 1. The molecule has 118 valence electrons. The van der Waals surface area contributed by atoms with Crippen LogP contribution in [0, 0.1) is 5.92 Å². The Balaban J connectivity index is 3.03. The minimum absolute atomic E-state index is 0.0148. The minimum atomic E-state index is -4.69. The standard InChI is InChI=1S/C11H17F3N6O/c1-6(9(21)16-2)5-20(3)8-4-7(19-15)17-10(18-8)11(12,13)14/h4,6H,5,15H2,1-3H3,(H,16,21)(H,17,18,19). The molecule has 10 heteroatoms. The summed E-state index contributed by atoms with van der Waals surface area (Å²) in [4.78, 5) is 19.6. The second-order valence-electron chi connectivity index (χ2n) is 4.47. The van der Waals surface area contributed by atoms with Crippen molar-refractivity contribution in [3.8, 4) is 0 Å². The summed E-state index contributed by atoms with van der Waals surface area (Å²) in [5, 5.41) is 2.47. The van der Waals surface area contributed by atoms with E-state index in [-0.39, 0.29) is 24.1 Å². The van der Waals surface area contributed by atoms with Crippen molar-refractivity contribution in [2.75, 3.05) is 31.0 Å². The summed E-state index contributed by atoms with van der Waals surface area (Å²) < 4.78 is 38.2. The molecule has 0 aromatic carbocycles. The van der Waals surface area contributed by atoms with Gasteiger partial charge in [-0.15, -0.1) is 0 Å². The van der Waals surface area contributed by atoms with Gasteiger partial charge in [0.05, 0.1) is 5.92 Å². The number of nitrogens with two attached hydrogens (primary N) is 1. The van der Waals surface area contributed by atoms with Gasteiger partial charge in [-0.2, -0.15) is 13.2 Å². The van der Waals surface area contributed by atoms with Crippen molar-refractivity contribution in [3.05, 3.63) is 11.9 Å². The average Bonchev–Trinajstić information content (AvgIpc) is 2.44. The number of anilines is 2. The van der Waals surface area contributed by atoms with Crippen LogP contribution in [-0.4, -0.2) is 36.5 Å². The highest BCUT2D eigenvalue weighted by molar-refractivity contribution is 5.78. The zero-order valence-corrected chi connectivity index (χ0v) is 11.8. The van der Waals surface area contributed by atoms with E-state index in [0.29, 0.717) is 0 Å². The zero-order chi connectivity index (χ0) is 16.2. The fourth-order valence-corrected chi connectivity index (χ4v) is 1.66. The number of amides is 1. The van der Waals surface area contributed by atoms with Crippen LogP contribution in [0.5, 0.6) is 0 Å². The van der Waals surface area contributed by atoms with Gasteiger partial charge in [0, 0.05) is 26.7 Å². The molecular weight excluding hydrogens is 289 g/mol. The maximum absolute atomic E-state index is 12.7. The SMILES string of the molecule is CNC(=O)C(C)CN(C)c1cc(NN)nc(C(F)(F)F)n1. The lowest BCUT2D eigenvalue weighted by atomic mass is 10.1. The number of nitrogens with one attached hydrogen (secondary N) is 2. The Kier molecular flexibility index (Phi) is 5.30. The molecule has 0 aliphatic rings. The number of rotatable bonds is 5. The first-order chi connectivity index (χ1) is 9.68. The van der Waals surface area contributed by atoms with E-state index in [1.54, 1.807) is 6.92 Å². The second-order valence-corrected chi connectivity index (χ2v) is 4.47. The average molecular weight is 306 g/mol. The lowest BCUT2D eigenvalue weighted by molar-refractivity contribution is -0.144. The molecule has 1 amide bonds. The normalized spacial score (nSPS) is 12.7. The fourth-order valence-electron chi connectivity index (χ4n) is 1.66. The number of hydrogen-bond acceptors (Lipinski definition) is 6. The molecule has 0 bridgehead atoms. The van der Waals surface area contributed by atoms with Gasteiger partial charge in [0.25, 0.3) is 0 Å². The van der Waals surface area contributed by atoms with Crippen LogP contribution in [0.3, 0.4) is 0 Å². The van der Waals surface area contributed by atoms with E-state index in [2.05, 4.69) is 20.7 Å². The van der Waals surface area contributed by atoms with Crippen molar-refractivity contribution in [3.63, 3.8) is 0 Å². The predicted molar refractivity (Wildman–Crippen MR) is 71.3 cm³/mol. The number of carbonyl (C=O) groups is 1. The number of nitrogens with zero attached hydrogens (tertiary/aromatic N) is 3. The highest BCUT2D eigenvalue weighted by Crippen LogP contribution is 2.29. The minimum Gasteiger partial charge on any atom is -0.359 e. The first kappa shape index (κ1) is 17.0. The number of hydrazine groups is 1. The third-order valence-electron chi connectivity index (χ3n) is 2.75. The summed E-state index contributed by atoms with van der Waals surface area (Å²) in [6.45, 7) is 1.85. The lowest BCUT2D eigenvalue weighted by Crippen LogP contribution is -2.35. The van der Waals surface area contributed by atoms with E-state index in [0.717, 1.165) is 0 Å². The molecule has 0 fully saturated rings. The Morgan fingerprint density at radius 1 is 1.48 bits per heavy atom. The highest BCUT2D eigenvalue weighted by atomic mass is 19.4. The van der Waals surface area contributed by atoms with Crippen LogP contribution in [0.15, 0.2) is 6.07 Å². The summed E-state index contributed by atoms with van der Waals surface area (Å²) in [6, 6.07) is 1.27. The summed E-state index contributed by atoms with van der Waals surface area (Å²) in [7, 11) is 3.02. The van der Waals surface area contributed by atoms with E-state index < -0.39 is 17.9 Å². The quantitative estimate of drug-likeness (QED) is 0.544. The molecule has 1 atom stereocenters. The van der Waals surface area contributed by atoms with Crippen LogP contribution in [-0.2, 0) is 11.0 Å². The van der Waals surface area contributed by atoms with Crippen LogP contribution >= 0.6 is 0 Å². The van der Waals surface area contributed by atoms with Crippen molar-refractivity contribution in [2.24, 2.45) is 11.8 Å². The second kappa shape index (κ2) is 6.57. The van der Waals surface area contributed by atoms with Crippen LogP contribution in [0.4, 0.5) is 24.8 Å². The van der Waals surface area contributed by atoms with Crippen LogP contribution in [0.1, 0.15) is 12.7 Å². The van der Waals surface area contributed by atoms with Gasteiger partial charge < -0.3 is 15.6 Å². The maximum Gasteiger partial charge on any atom is 0.451 e. The molecule has 21 heavy (non-hydrogen) atoms. The zero-order valence-electron chi connectivity index (χ0n) is 11.8. The number of halogens is 3. The molecule has 1 unspecified atom stereocenters. The Morgan fingerprint density at radius 2 is 2.10 bits per heavy atom.